The first kappa shape index (κ1) is 23.2. The molecule has 1 heterocycles. The number of carbonyl (C=O) groups excluding carboxylic acids is 2. The van der Waals surface area contributed by atoms with Crippen LogP contribution in [0.1, 0.15) is 60.3 Å². The third-order valence-electron chi connectivity index (χ3n) is 7.54. The van der Waals surface area contributed by atoms with E-state index in [9.17, 15) is 24.9 Å². The Labute approximate surface area is 179 Å². The summed E-state index contributed by atoms with van der Waals surface area (Å²) in [5, 5.41) is 34.3. The number of aliphatic hydroxyl groups is 3. The molecule has 2 aliphatic carbocycles. The number of hydrogen-bond donors (Lipinski definition) is 4. The third-order valence-corrected chi connectivity index (χ3v) is 7.54. The molecule has 0 aromatic carbocycles. The second-order valence-electron chi connectivity index (χ2n) is 10.1. The quantitative estimate of drug-likeness (QED) is 0.405. The zero-order chi connectivity index (χ0) is 22.4. The Morgan fingerprint density at radius 2 is 1.80 bits per heavy atom. The fourth-order valence-electron chi connectivity index (χ4n) is 5.88. The number of Topliss-reactive ketones (excluding diaryl/α,β-unsaturated/α-hetero) is 1. The van der Waals surface area contributed by atoms with Crippen LogP contribution in [0.25, 0.3) is 0 Å². The maximum absolute atomic E-state index is 13.8. The summed E-state index contributed by atoms with van der Waals surface area (Å²) >= 11 is 0. The Bertz CT molecular complexity index is 757. The summed E-state index contributed by atoms with van der Waals surface area (Å²) in [6, 6.07) is -0.117. The lowest BCUT2D eigenvalue weighted by Crippen LogP contribution is -2.53. The Kier molecular flexibility index (Phi) is 6.61. The van der Waals surface area contributed by atoms with E-state index in [4.69, 9.17) is 0 Å². The molecule has 6 heteroatoms. The topological polar surface area (TPSA) is 107 Å². The Morgan fingerprint density at radius 1 is 1.13 bits per heavy atom. The van der Waals surface area contributed by atoms with E-state index in [0.717, 1.165) is 12.0 Å². The molecule has 0 radical (unpaired) electrons. The number of nitrogens with one attached hydrogen (secondary N) is 1. The first-order valence-corrected chi connectivity index (χ1v) is 11.2. The van der Waals surface area contributed by atoms with Crippen LogP contribution < -0.4 is 5.32 Å². The van der Waals surface area contributed by atoms with E-state index in [-0.39, 0.29) is 36.0 Å². The number of allylic oxidation sites excluding steroid dienone is 4. The van der Waals surface area contributed by atoms with Gasteiger partial charge in [-0.25, -0.2) is 0 Å². The van der Waals surface area contributed by atoms with Crippen molar-refractivity contribution in [2.45, 2.75) is 84.7 Å². The number of amides is 1. The Hall–Kier alpha value is -1.50. The minimum Gasteiger partial charge on any atom is -0.390 e. The molecule has 3 rings (SSSR count). The molecule has 8 atom stereocenters. The van der Waals surface area contributed by atoms with Crippen LogP contribution in [0.2, 0.25) is 0 Å². The van der Waals surface area contributed by atoms with Crippen LogP contribution in [0, 0.1) is 29.1 Å². The Morgan fingerprint density at radius 3 is 2.43 bits per heavy atom. The van der Waals surface area contributed by atoms with Crippen molar-refractivity contribution in [2.75, 3.05) is 0 Å². The largest absolute Gasteiger partial charge is 0.390 e. The summed E-state index contributed by atoms with van der Waals surface area (Å²) in [6.07, 6.45) is 1.35. The predicted octanol–water partition coefficient (Wildman–Crippen LogP) is 2.13. The van der Waals surface area contributed by atoms with Gasteiger partial charge in [-0.05, 0) is 44.9 Å². The molecule has 1 aliphatic heterocycles. The standard InChI is InChI=1S/C24H37NO5/c1-12(2)8-17-21-15(5)14(4)10-16-9-13(3)6-7-18(26)22(29)19(27)11-20(28)24(16,21)23(30)25-17/h9-10,12,15-19,21-22,26-27,29H,6-8,11H2,1-5H3,(H,25,30)/b13-9+/t15-,16+,17-,18+,19-,21-,22+,24-/m1/s1. The Balaban J connectivity index is 2.18. The predicted molar refractivity (Wildman–Crippen MR) is 114 cm³/mol. The van der Waals surface area contributed by atoms with Crippen LogP contribution in [0.3, 0.4) is 0 Å². The highest BCUT2D eigenvalue weighted by Gasteiger charge is 2.65. The summed E-state index contributed by atoms with van der Waals surface area (Å²) < 4.78 is 0. The number of hydrogen-bond acceptors (Lipinski definition) is 5. The molecule has 3 aliphatic rings. The number of rotatable bonds is 2. The van der Waals surface area contributed by atoms with Gasteiger partial charge in [-0.3, -0.25) is 9.59 Å². The third kappa shape index (κ3) is 3.78. The molecule has 1 spiro atoms. The molecule has 0 aromatic rings. The molecule has 0 aromatic heterocycles. The van der Waals surface area contributed by atoms with E-state index in [2.05, 4.69) is 33.0 Å². The fourth-order valence-corrected chi connectivity index (χ4v) is 5.88. The van der Waals surface area contributed by atoms with Crippen molar-refractivity contribution in [1.29, 1.82) is 0 Å². The summed E-state index contributed by atoms with van der Waals surface area (Å²) in [5.41, 5.74) is 0.834. The van der Waals surface area contributed by atoms with Crippen LogP contribution in [0.15, 0.2) is 23.3 Å². The van der Waals surface area contributed by atoms with Crippen LogP contribution in [0.4, 0.5) is 0 Å². The van der Waals surface area contributed by atoms with Crippen LogP contribution in [-0.2, 0) is 9.59 Å². The smallest absolute Gasteiger partial charge is 0.235 e. The van der Waals surface area contributed by atoms with Gasteiger partial charge in [0.15, 0.2) is 5.78 Å². The second-order valence-corrected chi connectivity index (χ2v) is 10.1. The molecule has 1 amide bonds. The lowest BCUT2D eigenvalue weighted by molar-refractivity contribution is -0.148. The number of ketones is 1. The highest BCUT2D eigenvalue weighted by atomic mass is 16.4. The molecule has 6 nitrogen and oxygen atoms in total. The van der Waals surface area contributed by atoms with E-state index < -0.39 is 29.6 Å². The molecule has 30 heavy (non-hydrogen) atoms. The van der Waals surface area contributed by atoms with Crippen LogP contribution in [-0.4, -0.2) is 51.4 Å². The molecule has 1 saturated heterocycles. The highest BCUT2D eigenvalue weighted by Crippen LogP contribution is 2.55. The molecule has 4 N–H and O–H groups in total. The number of carbonyl (C=O) groups is 2. The first-order chi connectivity index (χ1) is 14.0. The normalized spacial score (nSPS) is 44.4. The van der Waals surface area contributed by atoms with Crippen molar-refractivity contribution in [3.63, 3.8) is 0 Å². The van der Waals surface area contributed by atoms with Gasteiger partial charge in [0, 0.05) is 24.3 Å². The molecule has 0 unspecified atom stereocenters. The molecule has 168 valence electrons. The lowest BCUT2D eigenvalue weighted by atomic mass is 9.54. The van der Waals surface area contributed by atoms with Crippen LogP contribution >= 0.6 is 0 Å². The van der Waals surface area contributed by atoms with Crippen LogP contribution in [0.5, 0.6) is 0 Å². The molecular formula is C24H37NO5. The van der Waals surface area contributed by atoms with Gasteiger partial charge in [-0.1, -0.05) is 44.1 Å². The minimum atomic E-state index is -1.41. The highest BCUT2D eigenvalue weighted by molar-refractivity contribution is 6.09. The van der Waals surface area contributed by atoms with Crippen molar-refractivity contribution >= 4 is 11.7 Å². The van der Waals surface area contributed by atoms with Gasteiger partial charge in [-0.15, -0.1) is 0 Å². The molecule has 0 saturated carbocycles. The van der Waals surface area contributed by atoms with E-state index in [1.807, 2.05) is 19.1 Å². The van der Waals surface area contributed by atoms with E-state index >= 15 is 0 Å². The van der Waals surface area contributed by atoms with Gasteiger partial charge in [0.2, 0.25) is 5.91 Å². The monoisotopic (exact) mass is 419 g/mol. The second kappa shape index (κ2) is 8.56. The van der Waals surface area contributed by atoms with Gasteiger partial charge in [-0.2, -0.15) is 0 Å². The maximum Gasteiger partial charge on any atom is 0.235 e. The fraction of sp³-hybridized carbons (Fsp3) is 0.750. The van der Waals surface area contributed by atoms with E-state index in [1.165, 1.54) is 5.57 Å². The first-order valence-electron chi connectivity index (χ1n) is 11.2. The van der Waals surface area contributed by atoms with Crippen molar-refractivity contribution in [1.82, 2.24) is 5.32 Å². The average molecular weight is 420 g/mol. The van der Waals surface area contributed by atoms with Crippen molar-refractivity contribution in [3.8, 4) is 0 Å². The average Bonchev–Trinajstić information content (AvgIpc) is 2.94. The SMILES string of the molecule is CC1=C[C@@H]2/C=C(\C)CC[C@H](O)[C@H](O)[C@H](O)CC(=O)[C@]23C(=O)N[C@H](CC(C)C)[C@H]3[C@@H]1C. The molecular weight excluding hydrogens is 382 g/mol. The van der Waals surface area contributed by atoms with Crippen molar-refractivity contribution < 1.29 is 24.9 Å². The zero-order valence-electron chi connectivity index (χ0n) is 18.8. The summed E-state index contributed by atoms with van der Waals surface area (Å²) in [5.74, 6) is -0.827. The summed E-state index contributed by atoms with van der Waals surface area (Å²) in [6.45, 7) is 10.3. The number of aliphatic hydroxyl groups excluding tert-OH is 3. The van der Waals surface area contributed by atoms with Gasteiger partial charge >= 0.3 is 0 Å². The van der Waals surface area contributed by atoms with E-state index in [1.54, 1.807) is 0 Å². The van der Waals surface area contributed by atoms with Gasteiger partial charge in [0.1, 0.15) is 11.5 Å². The molecule has 0 bridgehead atoms. The minimum absolute atomic E-state index is 0.0411. The molecule has 1 fully saturated rings. The summed E-state index contributed by atoms with van der Waals surface area (Å²) in [4.78, 5) is 27.3. The van der Waals surface area contributed by atoms with Gasteiger partial charge in [0.25, 0.3) is 0 Å². The lowest BCUT2D eigenvalue weighted by Gasteiger charge is -2.45. The maximum atomic E-state index is 13.8. The van der Waals surface area contributed by atoms with E-state index in [0.29, 0.717) is 18.8 Å². The van der Waals surface area contributed by atoms with Gasteiger partial charge in [0.05, 0.1) is 12.2 Å². The summed E-state index contributed by atoms with van der Waals surface area (Å²) in [7, 11) is 0. The van der Waals surface area contributed by atoms with Crippen molar-refractivity contribution in [3.05, 3.63) is 23.3 Å². The zero-order valence-corrected chi connectivity index (χ0v) is 18.8. The van der Waals surface area contributed by atoms with Gasteiger partial charge < -0.3 is 20.6 Å². The van der Waals surface area contributed by atoms with Crippen molar-refractivity contribution in [2.24, 2.45) is 29.1 Å².